The van der Waals surface area contributed by atoms with E-state index in [1.54, 1.807) is 6.07 Å². The molecule has 4 rings (SSSR count). The number of sulfonamides is 1. The SMILES string of the molecule is CC(C)(C)C(NC(=O)CCn1c(=O)oc2cc(S(=O)(=O)N3CCCC3)ccc21)c1ccccc1. The van der Waals surface area contributed by atoms with Gasteiger partial charge in [-0.1, -0.05) is 51.1 Å². The lowest BCUT2D eigenvalue weighted by atomic mass is 9.82. The third-order valence-corrected chi connectivity index (χ3v) is 8.10. The summed E-state index contributed by atoms with van der Waals surface area (Å²) in [5.74, 6) is -0.799. The molecular weight excluding hydrogens is 454 g/mol. The van der Waals surface area contributed by atoms with Gasteiger partial charge in [0.05, 0.1) is 16.5 Å². The molecule has 3 aromatic rings. The molecule has 182 valence electrons. The number of hydrogen-bond donors (Lipinski definition) is 1. The topological polar surface area (TPSA) is 102 Å². The van der Waals surface area contributed by atoms with Gasteiger partial charge in [0.15, 0.2) is 5.58 Å². The van der Waals surface area contributed by atoms with Gasteiger partial charge >= 0.3 is 5.76 Å². The molecule has 2 aromatic carbocycles. The Kier molecular flexibility index (Phi) is 6.69. The van der Waals surface area contributed by atoms with Gasteiger partial charge in [-0.2, -0.15) is 4.31 Å². The predicted octanol–water partition coefficient (Wildman–Crippen LogP) is 3.67. The van der Waals surface area contributed by atoms with Crippen LogP contribution in [0.25, 0.3) is 11.1 Å². The second-order valence-corrected chi connectivity index (χ2v) is 11.7. The molecule has 1 aliphatic heterocycles. The van der Waals surface area contributed by atoms with Gasteiger partial charge in [0, 0.05) is 32.1 Å². The van der Waals surface area contributed by atoms with Crippen LogP contribution in [0.1, 0.15) is 51.6 Å². The van der Waals surface area contributed by atoms with E-state index < -0.39 is 15.8 Å². The fourth-order valence-corrected chi connectivity index (χ4v) is 5.92. The van der Waals surface area contributed by atoms with Crippen molar-refractivity contribution in [3.8, 4) is 0 Å². The number of oxazole rings is 1. The summed E-state index contributed by atoms with van der Waals surface area (Å²) in [4.78, 5) is 25.4. The zero-order valence-corrected chi connectivity index (χ0v) is 20.6. The van der Waals surface area contributed by atoms with Crippen LogP contribution >= 0.6 is 0 Å². The molecule has 1 aliphatic rings. The summed E-state index contributed by atoms with van der Waals surface area (Å²) < 4.78 is 33.8. The zero-order chi connectivity index (χ0) is 24.5. The number of carbonyl (C=O) groups excluding carboxylic acids is 1. The molecule has 8 nitrogen and oxygen atoms in total. The zero-order valence-electron chi connectivity index (χ0n) is 19.8. The monoisotopic (exact) mass is 485 g/mol. The normalized spacial score (nSPS) is 16.1. The highest BCUT2D eigenvalue weighted by Gasteiger charge is 2.29. The summed E-state index contributed by atoms with van der Waals surface area (Å²) >= 11 is 0. The van der Waals surface area contributed by atoms with E-state index in [-0.39, 0.29) is 40.8 Å². The van der Waals surface area contributed by atoms with Crippen molar-refractivity contribution >= 4 is 27.0 Å². The molecular formula is C25H31N3O5S. The van der Waals surface area contributed by atoms with Crippen molar-refractivity contribution in [1.82, 2.24) is 14.2 Å². The molecule has 1 atom stereocenters. The van der Waals surface area contributed by atoms with Gasteiger partial charge in [0.25, 0.3) is 0 Å². The molecule has 0 bridgehead atoms. The molecule has 0 radical (unpaired) electrons. The number of nitrogens with one attached hydrogen (secondary N) is 1. The van der Waals surface area contributed by atoms with Crippen molar-refractivity contribution in [2.24, 2.45) is 5.41 Å². The van der Waals surface area contributed by atoms with E-state index in [1.165, 1.54) is 21.0 Å². The lowest BCUT2D eigenvalue weighted by Gasteiger charge is -2.32. The fourth-order valence-electron chi connectivity index (χ4n) is 4.39. The van der Waals surface area contributed by atoms with Crippen molar-refractivity contribution in [3.63, 3.8) is 0 Å². The Morgan fingerprint density at radius 3 is 2.41 bits per heavy atom. The van der Waals surface area contributed by atoms with E-state index in [0.717, 1.165) is 18.4 Å². The largest absolute Gasteiger partial charge is 0.419 e. The Bertz CT molecular complexity index is 1330. The first-order valence-electron chi connectivity index (χ1n) is 11.6. The molecule has 34 heavy (non-hydrogen) atoms. The third kappa shape index (κ3) is 4.95. The quantitative estimate of drug-likeness (QED) is 0.550. The minimum Gasteiger partial charge on any atom is -0.408 e. The molecule has 0 saturated carbocycles. The first-order chi connectivity index (χ1) is 16.1. The van der Waals surface area contributed by atoms with Crippen LogP contribution in [0.15, 0.2) is 62.6 Å². The molecule has 1 fully saturated rings. The van der Waals surface area contributed by atoms with Crippen LogP contribution in [-0.4, -0.2) is 36.3 Å². The minimum atomic E-state index is -3.62. The molecule has 9 heteroatoms. The molecule has 0 aliphatic carbocycles. The van der Waals surface area contributed by atoms with Gasteiger partial charge in [-0.25, -0.2) is 13.2 Å². The average molecular weight is 486 g/mol. The summed E-state index contributed by atoms with van der Waals surface area (Å²) in [6.07, 6.45) is 1.77. The standard InChI is InChI=1S/C25H31N3O5S/c1-25(2,3)23(18-9-5-4-6-10-18)26-22(29)13-16-28-20-12-11-19(17-21(20)33-24(28)30)34(31,32)27-14-7-8-15-27/h4-6,9-12,17,23H,7-8,13-16H2,1-3H3,(H,26,29). The maximum absolute atomic E-state index is 12.8. The van der Waals surface area contributed by atoms with Crippen molar-refractivity contribution in [3.05, 3.63) is 64.6 Å². The number of amides is 1. The Morgan fingerprint density at radius 1 is 1.09 bits per heavy atom. The molecule has 0 spiro atoms. The van der Waals surface area contributed by atoms with Gasteiger partial charge in [0.1, 0.15) is 0 Å². The van der Waals surface area contributed by atoms with E-state index >= 15 is 0 Å². The van der Waals surface area contributed by atoms with Crippen molar-refractivity contribution < 1.29 is 17.6 Å². The highest BCUT2D eigenvalue weighted by atomic mass is 32.2. The van der Waals surface area contributed by atoms with Crippen LogP contribution in [0.3, 0.4) is 0 Å². The summed E-state index contributed by atoms with van der Waals surface area (Å²) in [7, 11) is -3.62. The van der Waals surface area contributed by atoms with Crippen LogP contribution in [0.4, 0.5) is 0 Å². The first-order valence-corrected chi connectivity index (χ1v) is 13.0. The van der Waals surface area contributed by atoms with Crippen LogP contribution in [-0.2, 0) is 21.4 Å². The molecule has 1 amide bonds. The summed E-state index contributed by atoms with van der Waals surface area (Å²) in [6.45, 7) is 7.31. The second kappa shape index (κ2) is 9.38. The number of aromatic nitrogens is 1. The van der Waals surface area contributed by atoms with E-state index in [0.29, 0.717) is 18.6 Å². The molecule has 2 heterocycles. The van der Waals surface area contributed by atoms with E-state index in [9.17, 15) is 18.0 Å². The van der Waals surface area contributed by atoms with Crippen LogP contribution in [0.2, 0.25) is 0 Å². The Morgan fingerprint density at radius 2 is 1.76 bits per heavy atom. The van der Waals surface area contributed by atoms with Crippen molar-refractivity contribution in [1.29, 1.82) is 0 Å². The lowest BCUT2D eigenvalue weighted by Crippen LogP contribution is -2.37. The lowest BCUT2D eigenvalue weighted by molar-refractivity contribution is -0.122. The maximum Gasteiger partial charge on any atom is 0.419 e. The Labute approximate surface area is 199 Å². The van der Waals surface area contributed by atoms with Crippen molar-refractivity contribution in [2.75, 3.05) is 13.1 Å². The molecule has 1 saturated heterocycles. The second-order valence-electron chi connectivity index (χ2n) is 9.79. The van der Waals surface area contributed by atoms with Gasteiger partial charge in [-0.3, -0.25) is 9.36 Å². The first kappa shape index (κ1) is 24.2. The van der Waals surface area contributed by atoms with E-state index in [2.05, 4.69) is 26.1 Å². The van der Waals surface area contributed by atoms with Crippen LogP contribution < -0.4 is 11.1 Å². The van der Waals surface area contributed by atoms with Crippen LogP contribution in [0.5, 0.6) is 0 Å². The van der Waals surface area contributed by atoms with Gasteiger partial charge in [-0.15, -0.1) is 0 Å². The highest BCUT2D eigenvalue weighted by Crippen LogP contribution is 2.32. The highest BCUT2D eigenvalue weighted by molar-refractivity contribution is 7.89. The van der Waals surface area contributed by atoms with Gasteiger partial charge in [0.2, 0.25) is 15.9 Å². The van der Waals surface area contributed by atoms with E-state index in [1.807, 2.05) is 30.3 Å². The van der Waals surface area contributed by atoms with Crippen molar-refractivity contribution in [2.45, 2.75) is 57.5 Å². The van der Waals surface area contributed by atoms with Gasteiger partial charge in [-0.05, 0) is 36.0 Å². The fraction of sp³-hybridized carbons (Fsp3) is 0.440. The van der Waals surface area contributed by atoms with E-state index in [4.69, 9.17) is 4.42 Å². The maximum atomic E-state index is 12.8. The predicted molar refractivity (Wildman–Crippen MR) is 130 cm³/mol. The van der Waals surface area contributed by atoms with Gasteiger partial charge < -0.3 is 9.73 Å². The summed E-state index contributed by atoms with van der Waals surface area (Å²) in [5.41, 5.74) is 1.48. The summed E-state index contributed by atoms with van der Waals surface area (Å²) in [6, 6.07) is 14.1. The number of rotatable bonds is 7. The smallest absolute Gasteiger partial charge is 0.408 e. The number of benzene rings is 2. The molecule has 1 aromatic heterocycles. The minimum absolute atomic E-state index is 0.0851. The number of carbonyl (C=O) groups is 1. The Balaban J connectivity index is 1.50. The third-order valence-electron chi connectivity index (χ3n) is 6.21. The number of hydrogen-bond acceptors (Lipinski definition) is 5. The average Bonchev–Trinajstić information content (AvgIpc) is 3.43. The Hall–Kier alpha value is -2.91. The number of aryl methyl sites for hydroxylation is 1. The molecule has 1 unspecified atom stereocenters. The number of nitrogens with zero attached hydrogens (tertiary/aromatic N) is 2. The summed E-state index contributed by atoms with van der Waals surface area (Å²) in [5, 5.41) is 3.09. The van der Waals surface area contributed by atoms with Crippen LogP contribution in [0, 0.1) is 5.41 Å². The number of fused-ring (bicyclic) bond motifs is 1. The molecule has 1 N–H and O–H groups in total.